The van der Waals surface area contributed by atoms with Crippen LogP contribution >= 0.6 is 0 Å². The standard InChI is InChI=1S/C10H16F3NO3/c1-9(17,8(15)16)6-14-4-2-7(3-5-14)10(11,12)13/h7,17H,2-6H2,1H3,(H,15,16). The summed E-state index contributed by atoms with van der Waals surface area (Å²) >= 11 is 0. The van der Waals surface area contributed by atoms with E-state index < -0.39 is 23.7 Å². The van der Waals surface area contributed by atoms with Gasteiger partial charge in [-0.2, -0.15) is 13.2 Å². The third-order valence-corrected chi connectivity index (χ3v) is 3.04. The lowest BCUT2D eigenvalue weighted by Crippen LogP contribution is -2.50. The number of aliphatic hydroxyl groups is 1. The molecule has 1 saturated heterocycles. The van der Waals surface area contributed by atoms with E-state index in [1.807, 2.05) is 0 Å². The van der Waals surface area contributed by atoms with Crippen molar-refractivity contribution in [2.24, 2.45) is 5.92 Å². The maximum Gasteiger partial charge on any atom is 0.391 e. The highest BCUT2D eigenvalue weighted by Gasteiger charge is 2.42. The lowest BCUT2D eigenvalue weighted by molar-refractivity contribution is -0.187. The van der Waals surface area contributed by atoms with Crippen LogP contribution in [-0.4, -0.2) is 52.5 Å². The number of hydrogen-bond donors (Lipinski definition) is 2. The number of aliphatic carboxylic acids is 1. The van der Waals surface area contributed by atoms with E-state index in [0.717, 1.165) is 6.92 Å². The second kappa shape index (κ2) is 4.81. The molecule has 17 heavy (non-hydrogen) atoms. The lowest BCUT2D eigenvalue weighted by Gasteiger charge is -2.35. The summed E-state index contributed by atoms with van der Waals surface area (Å²) in [5.41, 5.74) is -1.91. The van der Waals surface area contributed by atoms with Crippen LogP contribution in [-0.2, 0) is 4.79 Å². The van der Waals surface area contributed by atoms with Crippen molar-refractivity contribution < 1.29 is 28.2 Å². The summed E-state index contributed by atoms with van der Waals surface area (Å²) in [6.07, 6.45) is -4.26. The molecule has 0 aromatic rings. The minimum atomic E-state index is -4.18. The van der Waals surface area contributed by atoms with Crippen LogP contribution in [0.25, 0.3) is 0 Å². The van der Waals surface area contributed by atoms with E-state index in [2.05, 4.69) is 0 Å². The van der Waals surface area contributed by atoms with Crippen LogP contribution < -0.4 is 0 Å². The molecule has 0 aromatic carbocycles. The van der Waals surface area contributed by atoms with Gasteiger partial charge in [-0.05, 0) is 32.9 Å². The maximum atomic E-state index is 12.4. The van der Waals surface area contributed by atoms with Gasteiger partial charge in [0.15, 0.2) is 5.60 Å². The van der Waals surface area contributed by atoms with Gasteiger partial charge < -0.3 is 10.2 Å². The predicted molar refractivity (Wildman–Crippen MR) is 53.5 cm³/mol. The van der Waals surface area contributed by atoms with Crippen molar-refractivity contribution in [3.63, 3.8) is 0 Å². The van der Waals surface area contributed by atoms with Crippen molar-refractivity contribution in [2.45, 2.75) is 31.5 Å². The van der Waals surface area contributed by atoms with Gasteiger partial charge in [-0.25, -0.2) is 4.79 Å². The van der Waals surface area contributed by atoms with Crippen LogP contribution in [0.3, 0.4) is 0 Å². The largest absolute Gasteiger partial charge is 0.479 e. The summed E-state index contributed by atoms with van der Waals surface area (Å²) in [5, 5.41) is 18.2. The SMILES string of the molecule is CC(O)(CN1CCC(C(F)(F)F)CC1)C(=O)O. The van der Waals surface area contributed by atoms with E-state index in [9.17, 15) is 23.1 Å². The van der Waals surface area contributed by atoms with Crippen molar-refractivity contribution in [1.29, 1.82) is 0 Å². The second-order valence-corrected chi connectivity index (χ2v) is 4.67. The van der Waals surface area contributed by atoms with Gasteiger partial charge in [-0.3, -0.25) is 4.90 Å². The lowest BCUT2D eigenvalue weighted by atomic mass is 9.95. The van der Waals surface area contributed by atoms with E-state index in [4.69, 9.17) is 5.11 Å². The van der Waals surface area contributed by atoms with E-state index in [0.29, 0.717) is 0 Å². The molecule has 0 aliphatic carbocycles. The second-order valence-electron chi connectivity index (χ2n) is 4.67. The average Bonchev–Trinajstić information content (AvgIpc) is 2.16. The number of nitrogens with zero attached hydrogens (tertiary/aromatic N) is 1. The molecule has 1 aliphatic heterocycles. The quantitative estimate of drug-likeness (QED) is 0.792. The fourth-order valence-corrected chi connectivity index (χ4v) is 1.92. The molecule has 0 bridgehead atoms. The Balaban J connectivity index is 2.46. The number of carbonyl (C=O) groups is 1. The summed E-state index contributed by atoms with van der Waals surface area (Å²) in [6.45, 7) is 1.32. The zero-order valence-corrected chi connectivity index (χ0v) is 9.50. The van der Waals surface area contributed by atoms with E-state index >= 15 is 0 Å². The number of piperidine rings is 1. The number of halogens is 3. The molecular weight excluding hydrogens is 239 g/mol. The molecule has 0 spiro atoms. The van der Waals surface area contributed by atoms with Crippen LogP contribution in [0, 0.1) is 5.92 Å². The average molecular weight is 255 g/mol. The number of β-amino-alcohol motifs (C(OH)–C–C–N with tert-alkyl or cyclic N) is 1. The molecule has 4 nitrogen and oxygen atoms in total. The molecule has 1 atom stereocenters. The molecule has 1 aliphatic rings. The third-order valence-electron chi connectivity index (χ3n) is 3.04. The van der Waals surface area contributed by atoms with Crippen LogP contribution in [0.2, 0.25) is 0 Å². The normalized spacial score (nSPS) is 23.4. The van der Waals surface area contributed by atoms with Gasteiger partial charge in [-0.1, -0.05) is 0 Å². The van der Waals surface area contributed by atoms with E-state index in [1.165, 1.54) is 0 Å². The Morgan fingerprint density at radius 2 is 1.82 bits per heavy atom. The molecule has 0 radical (unpaired) electrons. The minimum Gasteiger partial charge on any atom is -0.479 e. The zero-order valence-electron chi connectivity index (χ0n) is 9.50. The van der Waals surface area contributed by atoms with Gasteiger partial charge in [-0.15, -0.1) is 0 Å². The first-order chi connectivity index (χ1) is 7.63. The first-order valence-corrected chi connectivity index (χ1v) is 5.38. The molecule has 1 rings (SSSR count). The smallest absolute Gasteiger partial charge is 0.391 e. The Kier molecular flexibility index (Phi) is 4.03. The Hall–Kier alpha value is -0.820. The third kappa shape index (κ3) is 3.85. The van der Waals surface area contributed by atoms with Crippen molar-refractivity contribution in [1.82, 2.24) is 4.90 Å². The number of rotatable bonds is 3. The first kappa shape index (κ1) is 14.2. The molecule has 7 heteroatoms. The predicted octanol–water partition coefficient (Wildman–Crippen LogP) is 1.10. The molecular formula is C10H16F3NO3. The van der Waals surface area contributed by atoms with Gasteiger partial charge in [0.25, 0.3) is 0 Å². The van der Waals surface area contributed by atoms with Gasteiger partial charge in [0.1, 0.15) is 0 Å². The number of hydrogen-bond acceptors (Lipinski definition) is 3. The summed E-state index contributed by atoms with van der Waals surface area (Å²) in [4.78, 5) is 12.2. The molecule has 1 heterocycles. The Bertz CT molecular complexity index is 283. The van der Waals surface area contributed by atoms with Crippen LogP contribution in [0.4, 0.5) is 13.2 Å². The molecule has 1 fully saturated rings. The van der Waals surface area contributed by atoms with Gasteiger partial charge in [0, 0.05) is 6.54 Å². The van der Waals surface area contributed by atoms with E-state index in [-0.39, 0.29) is 32.5 Å². The van der Waals surface area contributed by atoms with Gasteiger partial charge in [0.2, 0.25) is 0 Å². The number of likely N-dealkylation sites (tertiary alicyclic amines) is 1. The number of carboxylic acid groups (broad SMARTS) is 1. The molecule has 2 N–H and O–H groups in total. The highest BCUT2D eigenvalue weighted by molar-refractivity contribution is 5.76. The fourth-order valence-electron chi connectivity index (χ4n) is 1.92. The fraction of sp³-hybridized carbons (Fsp3) is 0.900. The molecule has 0 saturated carbocycles. The van der Waals surface area contributed by atoms with Crippen molar-refractivity contribution in [2.75, 3.05) is 19.6 Å². The number of carboxylic acids is 1. The maximum absolute atomic E-state index is 12.4. The molecule has 0 amide bonds. The molecule has 1 unspecified atom stereocenters. The Morgan fingerprint density at radius 1 is 1.35 bits per heavy atom. The van der Waals surface area contributed by atoms with Gasteiger partial charge in [0.05, 0.1) is 5.92 Å². The van der Waals surface area contributed by atoms with Crippen molar-refractivity contribution in [3.05, 3.63) is 0 Å². The topological polar surface area (TPSA) is 60.8 Å². The summed E-state index contributed by atoms with van der Waals surface area (Å²) < 4.78 is 37.1. The minimum absolute atomic E-state index is 0.0425. The molecule has 100 valence electrons. The Morgan fingerprint density at radius 3 is 2.18 bits per heavy atom. The highest BCUT2D eigenvalue weighted by atomic mass is 19.4. The van der Waals surface area contributed by atoms with Crippen LogP contribution in [0.15, 0.2) is 0 Å². The molecule has 0 aromatic heterocycles. The summed E-state index contributed by atoms with van der Waals surface area (Å²) in [6, 6.07) is 0. The van der Waals surface area contributed by atoms with Crippen molar-refractivity contribution >= 4 is 5.97 Å². The summed E-state index contributed by atoms with van der Waals surface area (Å²) in [7, 11) is 0. The number of alkyl halides is 3. The Labute approximate surface area is 97.0 Å². The van der Waals surface area contributed by atoms with Crippen molar-refractivity contribution in [3.8, 4) is 0 Å². The highest BCUT2D eigenvalue weighted by Crippen LogP contribution is 2.34. The zero-order chi connectivity index (χ0) is 13.3. The summed E-state index contributed by atoms with van der Waals surface area (Å²) in [5.74, 6) is -2.68. The van der Waals surface area contributed by atoms with E-state index in [1.54, 1.807) is 4.90 Å². The monoisotopic (exact) mass is 255 g/mol. The first-order valence-electron chi connectivity index (χ1n) is 5.38. The van der Waals surface area contributed by atoms with Crippen LogP contribution in [0.5, 0.6) is 0 Å². The van der Waals surface area contributed by atoms with Gasteiger partial charge >= 0.3 is 12.1 Å². The van der Waals surface area contributed by atoms with Crippen LogP contribution in [0.1, 0.15) is 19.8 Å².